The van der Waals surface area contributed by atoms with E-state index in [1.807, 2.05) is 0 Å². The van der Waals surface area contributed by atoms with Gasteiger partial charge in [0, 0.05) is 0 Å². The Labute approximate surface area is 67.2 Å². The maximum Gasteiger partial charge on any atom is 0.107 e. The molecular weight excluding hydrogens is 138 g/mol. The number of hydrogen-bond acceptors (Lipinski definition) is 2. The minimum absolute atomic E-state index is 0.198. The summed E-state index contributed by atoms with van der Waals surface area (Å²) in [5.41, 5.74) is -0.198. The molecule has 1 rings (SSSR count). The van der Waals surface area contributed by atoms with E-state index in [1.54, 1.807) is 0 Å². The summed E-state index contributed by atoms with van der Waals surface area (Å²) in [5, 5.41) is 8.75. The third-order valence-electron chi connectivity index (χ3n) is 2.11. The van der Waals surface area contributed by atoms with E-state index in [-0.39, 0.29) is 5.41 Å². The summed E-state index contributed by atoms with van der Waals surface area (Å²) < 4.78 is 5.12. The first-order chi connectivity index (χ1) is 5.33. The zero-order valence-electron chi connectivity index (χ0n) is 6.47. The fourth-order valence-corrected chi connectivity index (χ4v) is 1.20. The van der Waals surface area contributed by atoms with Gasteiger partial charge in [0.05, 0.1) is 18.1 Å². The van der Waals surface area contributed by atoms with Gasteiger partial charge in [-0.1, -0.05) is 12.3 Å². The zero-order chi connectivity index (χ0) is 8.16. The zero-order valence-corrected chi connectivity index (χ0v) is 6.47. The van der Waals surface area contributed by atoms with E-state index in [0.717, 1.165) is 19.3 Å². The van der Waals surface area contributed by atoms with Gasteiger partial charge in [-0.3, -0.25) is 0 Å². The summed E-state index contributed by atoms with van der Waals surface area (Å²) in [4.78, 5) is 0. The van der Waals surface area contributed by atoms with E-state index in [4.69, 9.17) is 16.4 Å². The van der Waals surface area contributed by atoms with E-state index in [9.17, 15) is 0 Å². The van der Waals surface area contributed by atoms with E-state index in [2.05, 4.69) is 12.0 Å². The molecule has 0 spiro atoms. The SMILES string of the molecule is C#CCOCC1(C#N)CCC1. The van der Waals surface area contributed by atoms with Crippen LogP contribution in [0.5, 0.6) is 0 Å². The smallest absolute Gasteiger partial charge is 0.107 e. The van der Waals surface area contributed by atoms with Crippen molar-refractivity contribution < 1.29 is 4.74 Å². The second-order valence-electron chi connectivity index (χ2n) is 2.94. The maximum atomic E-state index is 8.75. The highest BCUT2D eigenvalue weighted by Crippen LogP contribution is 2.40. The molecule has 0 aliphatic heterocycles. The highest BCUT2D eigenvalue weighted by molar-refractivity contribution is 5.04. The van der Waals surface area contributed by atoms with E-state index in [0.29, 0.717) is 13.2 Å². The Kier molecular flexibility index (Phi) is 2.52. The van der Waals surface area contributed by atoms with Crippen molar-refractivity contribution in [3.8, 4) is 18.4 Å². The van der Waals surface area contributed by atoms with Gasteiger partial charge in [-0.15, -0.1) is 6.42 Å². The Morgan fingerprint density at radius 1 is 1.55 bits per heavy atom. The number of terminal acetylenes is 1. The van der Waals surface area contributed by atoms with Gasteiger partial charge < -0.3 is 4.74 Å². The molecule has 2 heteroatoms. The molecule has 0 unspecified atom stereocenters. The van der Waals surface area contributed by atoms with Crippen molar-refractivity contribution in [2.45, 2.75) is 19.3 Å². The average molecular weight is 149 g/mol. The predicted molar refractivity (Wildman–Crippen MR) is 41.5 cm³/mol. The van der Waals surface area contributed by atoms with Crippen molar-refractivity contribution in [2.75, 3.05) is 13.2 Å². The maximum absolute atomic E-state index is 8.75. The Morgan fingerprint density at radius 2 is 2.27 bits per heavy atom. The molecule has 2 nitrogen and oxygen atoms in total. The first kappa shape index (κ1) is 8.11. The second-order valence-corrected chi connectivity index (χ2v) is 2.94. The Balaban J connectivity index is 2.25. The number of rotatable bonds is 3. The lowest BCUT2D eigenvalue weighted by Crippen LogP contribution is -2.32. The summed E-state index contributed by atoms with van der Waals surface area (Å²) in [6, 6.07) is 2.28. The van der Waals surface area contributed by atoms with Gasteiger partial charge >= 0.3 is 0 Å². The van der Waals surface area contributed by atoms with Crippen molar-refractivity contribution in [1.29, 1.82) is 5.26 Å². The molecule has 0 radical (unpaired) electrons. The van der Waals surface area contributed by atoms with Gasteiger partial charge in [-0.2, -0.15) is 5.26 Å². The summed E-state index contributed by atoms with van der Waals surface area (Å²) >= 11 is 0. The molecule has 58 valence electrons. The fourth-order valence-electron chi connectivity index (χ4n) is 1.20. The van der Waals surface area contributed by atoms with Crippen LogP contribution in [0.15, 0.2) is 0 Å². The molecule has 0 saturated heterocycles. The average Bonchev–Trinajstić information content (AvgIpc) is 1.95. The van der Waals surface area contributed by atoms with Crippen LogP contribution in [0.25, 0.3) is 0 Å². The highest BCUT2D eigenvalue weighted by Gasteiger charge is 2.37. The highest BCUT2D eigenvalue weighted by atomic mass is 16.5. The Hall–Kier alpha value is -0.990. The predicted octanol–water partition coefficient (Wildman–Crippen LogP) is 1.33. The van der Waals surface area contributed by atoms with Crippen LogP contribution >= 0.6 is 0 Å². The van der Waals surface area contributed by atoms with Crippen LogP contribution in [0.2, 0.25) is 0 Å². The molecule has 0 aromatic carbocycles. The van der Waals surface area contributed by atoms with Crippen LogP contribution in [0.4, 0.5) is 0 Å². The van der Waals surface area contributed by atoms with Gasteiger partial charge in [0.25, 0.3) is 0 Å². The molecule has 1 fully saturated rings. The lowest BCUT2D eigenvalue weighted by Gasteiger charge is -2.34. The van der Waals surface area contributed by atoms with Crippen molar-refractivity contribution >= 4 is 0 Å². The third kappa shape index (κ3) is 1.73. The summed E-state index contributed by atoms with van der Waals surface area (Å²) in [7, 11) is 0. The lowest BCUT2D eigenvalue weighted by atomic mass is 9.71. The summed E-state index contributed by atoms with van der Waals surface area (Å²) in [6.45, 7) is 0.830. The molecule has 0 amide bonds. The van der Waals surface area contributed by atoms with Crippen LogP contribution in [0.1, 0.15) is 19.3 Å². The van der Waals surface area contributed by atoms with Crippen LogP contribution in [-0.2, 0) is 4.74 Å². The molecule has 0 aromatic heterocycles. The molecular formula is C9H11NO. The number of hydrogen-bond donors (Lipinski definition) is 0. The normalized spacial score (nSPS) is 19.5. The minimum Gasteiger partial charge on any atom is -0.367 e. The molecule has 1 aliphatic carbocycles. The number of nitriles is 1. The van der Waals surface area contributed by atoms with Crippen LogP contribution in [-0.4, -0.2) is 13.2 Å². The van der Waals surface area contributed by atoms with Crippen LogP contribution in [0.3, 0.4) is 0 Å². The fraction of sp³-hybridized carbons (Fsp3) is 0.667. The van der Waals surface area contributed by atoms with E-state index < -0.39 is 0 Å². The van der Waals surface area contributed by atoms with Gasteiger partial charge in [0.1, 0.15) is 6.61 Å². The van der Waals surface area contributed by atoms with Crippen molar-refractivity contribution in [2.24, 2.45) is 5.41 Å². The Bertz CT molecular complexity index is 205. The van der Waals surface area contributed by atoms with E-state index >= 15 is 0 Å². The van der Waals surface area contributed by atoms with Crippen molar-refractivity contribution in [3.63, 3.8) is 0 Å². The monoisotopic (exact) mass is 149 g/mol. The second kappa shape index (κ2) is 3.42. The third-order valence-corrected chi connectivity index (χ3v) is 2.11. The van der Waals surface area contributed by atoms with Crippen molar-refractivity contribution in [1.82, 2.24) is 0 Å². The first-order valence-corrected chi connectivity index (χ1v) is 3.75. The van der Waals surface area contributed by atoms with Crippen LogP contribution in [0, 0.1) is 29.1 Å². The molecule has 0 aromatic rings. The largest absolute Gasteiger partial charge is 0.367 e. The summed E-state index contributed by atoms with van der Waals surface area (Å²) in [5.74, 6) is 2.38. The molecule has 1 aliphatic rings. The number of ether oxygens (including phenoxy) is 1. The quantitative estimate of drug-likeness (QED) is 0.448. The van der Waals surface area contributed by atoms with Gasteiger partial charge in [0.2, 0.25) is 0 Å². The molecule has 0 bridgehead atoms. The molecule has 1 saturated carbocycles. The first-order valence-electron chi connectivity index (χ1n) is 3.75. The van der Waals surface area contributed by atoms with E-state index in [1.165, 1.54) is 0 Å². The van der Waals surface area contributed by atoms with Gasteiger partial charge in [-0.05, 0) is 12.8 Å². The molecule has 11 heavy (non-hydrogen) atoms. The van der Waals surface area contributed by atoms with Gasteiger partial charge in [-0.25, -0.2) is 0 Å². The molecule has 0 N–H and O–H groups in total. The topological polar surface area (TPSA) is 33.0 Å². The molecule has 0 atom stereocenters. The summed E-state index contributed by atoms with van der Waals surface area (Å²) in [6.07, 6.45) is 8.08. The standard InChI is InChI=1S/C9H11NO/c1-2-6-11-8-9(7-10)4-3-5-9/h1H,3-6,8H2. The lowest BCUT2D eigenvalue weighted by molar-refractivity contribution is 0.0471. The van der Waals surface area contributed by atoms with Crippen LogP contribution < -0.4 is 0 Å². The van der Waals surface area contributed by atoms with Gasteiger partial charge in [0.15, 0.2) is 0 Å². The minimum atomic E-state index is -0.198. The molecule has 0 heterocycles. The number of nitrogens with zero attached hydrogens (tertiary/aromatic N) is 1. The Morgan fingerprint density at radius 3 is 2.64 bits per heavy atom. The van der Waals surface area contributed by atoms with Crippen molar-refractivity contribution in [3.05, 3.63) is 0 Å².